The summed E-state index contributed by atoms with van der Waals surface area (Å²) in [5.41, 5.74) is 11.2. The fourth-order valence-corrected chi connectivity index (χ4v) is 4.51. The molecule has 2 aliphatic carbocycles. The molecular weight excluding hydrogens is 288 g/mol. The van der Waals surface area contributed by atoms with Crippen molar-refractivity contribution in [1.29, 1.82) is 0 Å². The number of benzene rings is 1. The van der Waals surface area contributed by atoms with E-state index in [0.29, 0.717) is 5.92 Å². The second kappa shape index (κ2) is 5.96. The minimum absolute atomic E-state index is 0.0348. The Bertz CT molecular complexity index is 611. The Balaban J connectivity index is 1.79. The molecule has 23 heavy (non-hydrogen) atoms. The Morgan fingerprint density at radius 1 is 1.22 bits per heavy atom. The first kappa shape index (κ1) is 16.0. The first-order chi connectivity index (χ1) is 10.9. The number of aliphatic hydroxyl groups is 1. The third-order valence-electron chi connectivity index (χ3n) is 6.04. The van der Waals surface area contributed by atoms with Gasteiger partial charge in [0.05, 0.1) is 5.60 Å². The summed E-state index contributed by atoms with van der Waals surface area (Å²) in [6.45, 7) is 2.19. The molecule has 2 saturated carbocycles. The van der Waals surface area contributed by atoms with Crippen LogP contribution in [0.5, 0.6) is 0 Å². The lowest BCUT2D eigenvalue weighted by molar-refractivity contribution is -0.0956. The normalized spacial score (nSPS) is 36.8. The van der Waals surface area contributed by atoms with Crippen molar-refractivity contribution in [1.82, 2.24) is 0 Å². The van der Waals surface area contributed by atoms with Crippen molar-refractivity contribution in [3.63, 3.8) is 0 Å². The van der Waals surface area contributed by atoms with E-state index in [1.165, 1.54) is 5.56 Å². The van der Waals surface area contributed by atoms with Crippen molar-refractivity contribution in [3.8, 4) is 0 Å². The Morgan fingerprint density at radius 3 is 2.65 bits per heavy atom. The van der Waals surface area contributed by atoms with E-state index in [1.54, 1.807) is 0 Å². The molecule has 0 amide bonds. The Hall–Kier alpha value is -1.88. The molecule has 3 rings (SSSR count). The topological polar surface area (TPSA) is 97.0 Å². The van der Waals surface area contributed by atoms with Crippen molar-refractivity contribution in [2.24, 2.45) is 33.0 Å². The maximum atomic E-state index is 11.3. The van der Waals surface area contributed by atoms with E-state index in [2.05, 4.69) is 41.4 Å². The summed E-state index contributed by atoms with van der Waals surface area (Å²) in [4.78, 5) is 0. The average Bonchev–Trinajstić information content (AvgIpc) is 2.79. The zero-order chi connectivity index (χ0) is 16.5. The van der Waals surface area contributed by atoms with Gasteiger partial charge in [-0.15, -0.1) is 5.10 Å². The van der Waals surface area contributed by atoms with E-state index in [-0.39, 0.29) is 17.3 Å². The lowest BCUT2D eigenvalue weighted by Gasteiger charge is -2.48. The summed E-state index contributed by atoms with van der Waals surface area (Å²) >= 11 is 0. The van der Waals surface area contributed by atoms with Crippen LogP contribution >= 0.6 is 0 Å². The molecule has 5 N–H and O–H groups in total. The lowest BCUT2D eigenvalue weighted by Crippen LogP contribution is -2.49. The Morgan fingerprint density at radius 2 is 1.96 bits per heavy atom. The minimum Gasteiger partial charge on any atom is -0.389 e. The Labute approximate surface area is 137 Å². The molecule has 1 aromatic rings. The summed E-state index contributed by atoms with van der Waals surface area (Å²) in [6.07, 6.45) is 6.46. The molecule has 2 fully saturated rings. The number of fused-ring (bicyclic) bond motifs is 1. The Kier molecular flexibility index (Phi) is 4.15. The summed E-state index contributed by atoms with van der Waals surface area (Å²) in [5, 5.41) is 19.0. The van der Waals surface area contributed by atoms with E-state index < -0.39 is 5.60 Å². The smallest absolute Gasteiger partial charge is 0.211 e. The average molecular weight is 314 g/mol. The van der Waals surface area contributed by atoms with Crippen molar-refractivity contribution in [3.05, 3.63) is 35.9 Å². The number of guanidine groups is 1. The van der Waals surface area contributed by atoms with Crippen LogP contribution in [0.4, 0.5) is 0 Å². The van der Waals surface area contributed by atoms with Crippen molar-refractivity contribution in [2.75, 3.05) is 0 Å². The summed E-state index contributed by atoms with van der Waals surface area (Å²) < 4.78 is 0. The number of rotatable bonds is 3. The molecule has 0 bridgehead atoms. The van der Waals surface area contributed by atoms with Gasteiger partial charge in [0, 0.05) is 17.5 Å². The van der Waals surface area contributed by atoms with Gasteiger partial charge in [-0.3, -0.25) is 0 Å². The molecular formula is C18H26N4O. The highest BCUT2D eigenvalue weighted by Crippen LogP contribution is 2.60. The highest BCUT2D eigenvalue weighted by molar-refractivity contribution is 5.76. The van der Waals surface area contributed by atoms with Gasteiger partial charge in [-0.05, 0) is 43.6 Å². The van der Waals surface area contributed by atoms with Crippen LogP contribution < -0.4 is 11.5 Å². The summed E-state index contributed by atoms with van der Waals surface area (Å²) in [5.74, 6) is 0.613. The second-order valence-corrected chi connectivity index (χ2v) is 7.23. The third-order valence-corrected chi connectivity index (χ3v) is 6.04. The fourth-order valence-electron chi connectivity index (χ4n) is 4.51. The van der Waals surface area contributed by atoms with Gasteiger partial charge in [0.25, 0.3) is 0 Å². The lowest BCUT2D eigenvalue weighted by atomic mass is 9.59. The maximum absolute atomic E-state index is 11.3. The highest BCUT2D eigenvalue weighted by atomic mass is 16.3. The molecule has 124 valence electrons. The molecule has 5 nitrogen and oxygen atoms in total. The van der Waals surface area contributed by atoms with Gasteiger partial charge >= 0.3 is 0 Å². The van der Waals surface area contributed by atoms with Crippen LogP contribution in [0.2, 0.25) is 0 Å². The van der Waals surface area contributed by atoms with E-state index in [9.17, 15) is 5.11 Å². The van der Waals surface area contributed by atoms with Crippen LogP contribution in [-0.4, -0.2) is 22.9 Å². The molecule has 1 aromatic carbocycles. The van der Waals surface area contributed by atoms with Crippen LogP contribution in [0, 0.1) is 11.3 Å². The van der Waals surface area contributed by atoms with Gasteiger partial charge in [-0.25, -0.2) is 0 Å². The molecule has 0 radical (unpaired) electrons. The zero-order valence-electron chi connectivity index (χ0n) is 13.7. The molecule has 0 aromatic heterocycles. The molecule has 2 aliphatic rings. The number of hydrogen-bond donors (Lipinski definition) is 3. The van der Waals surface area contributed by atoms with Crippen LogP contribution in [0.25, 0.3) is 0 Å². The van der Waals surface area contributed by atoms with E-state index >= 15 is 0 Å². The van der Waals surface area contributed by atoms with Gasteiger partial charge in [0.2, 0.25) is 5.96 Å². The monoisotopic (exact) mass is 314 g/mol. The maximum Gasteiger partial charge on any atom is 0.211 e. The molecule has 0 aliphatic heterocycles. The molecule has 0 heterocycles. The van der Waals surface area contributed by atoms with Crippen molar-refractivity contribution < 1.29 is 5.11 Å². The van der Waals surface area contributed by atoms with Gasteiger partial charge in [0.1, 0.15) is 0 Å². The molecule has 0 unspecified atom stereocenters. The number of hydrogen-bond acceptors (Lipinski definition) is 3. The SMILES string of the molecule is C[C@]12CC[C@H](c3ccccc3)C[C@@]1(O)CC[C@@H]2C=NN=C(N)N. The first-order valence-corrected chi connectivity index (χ1v) is 8.34. The van der Waals surface area contributed by atoms with Crippen molar-refractivity contribution in [2.45, 2.75) is 50.5 Å². The second-order valence-electron chi connectivity index (χ2n) is 7.23. The third kappa shape index (κ3) is 2.85. The van der Waals surface area contributed by atoms with Crippen LogP contribution in [-0.2, 0) is 0 Å². The molecule has 0 spiro atoms. The van der Waals surface area contributed by atoms with E-state index in [0.717, 1.165) is 32.1 Å². The fraction of sp³-hybridized carbons (Fsp3) is 0.556. The van der Waals surface area contributed by atoms with E-state index in [1.807, 2.05) is 12.3 Å². The van der Waals surface area contributed by atoms with Gasteiger partial charge < -0.3 is 16.6 Å². The number of nitrogens with zero attached hydrogens (tertiary/aromatic N) is 2. The van der Waals surface area contributed by atoms with Crippen molar-refractivity contribution >= 4 is 12.2 Å². The quantitative estimate of drug-likeness (QED) is 0.454. The summed E-state index contributed by atoms with van der Waals surface area (Å²) in [7, 11) is 0. The highest BCUT2D eigenvalue weighted by Gasteiger charge is 2.58. The largest absolute Gasteiger partial charge is 0.389 e. The van der Waals surface area contributed by atoms with Crippen LogP contribution in [0.3, 0.4) is 0 Å². The minimum atomic E-state index is -0.638. The number of nitrogens with two attached hydrogens (primary N) is 2. The molecule has 4 atom stereocenters. The molecule has 5 heteroatoms. The van der Waals surface area contributed by atoms with Gasteiger partial charge in [-0.1, -0.05) is 37.3 Å². The first-order valence-electron chi connectivity index (χ1n) is 8.34. The van der Waals surface area contributed by atoms with Gasteiger partial charge in [0.15, 0.2) is 0 Å². The van der Waals surface area contributed by atoms with Gasteiger partial charge in [-0.2, -0.15) is 5.10 Å². The van der Waals surface area contributed by atoms with Crippen LogP contribution in [0.1, 0.15) is 50.5 Å². The summed E-state index contributed by atoms with van der Waals surface area (Å²) in [6, 6.07) is 10.5. The van der Waals surface area contributed by atoms with Crippen LogP contribution in [0.15, 0.2) is 40.5 Å². The molecule has 0 saturated heterocycles. The van der Waals surface area contributed by atoms with E-state index in [4.69, 9.17) is 11.5 Å². The standard InChI is InChI=1S/C18H26N4O/c1-17-9-7-14(13-5-3-2-4-6-13)11-18(17,23)10-8-15(17)12-21-22-16(19)20/h2-6,12,14-15,23H,7-11H2,1H3,(H4,19,20,22)/t14-,15+,17+,18-/m0/s1. The predicted molar refractivity (Wildman–Crippen MR) is 93.1 cm³/mol. The zero-order valence-corrected chi connectivity index (χ0v) is 13.7. The predicted octanol–water partition coefficient (Wildman–Crippen LogP) is 2.36.